The van der Waals surface area contributed by atoms with Crippen molar-refractivity contribution in [3.63, 3.8) is 0 Å². The zero-order valence-electron chi connectivity index (χ0n) is 16.3. The van der Waals surface area contributed by atoms with Crippen molar-refractivity contribution in [1.82, 2.24) is 15.2 Å². The van der Waals surface area contributed by atoms with Gasteiger partial charge in [-0.3, -0.25) is 20.4 Å². The van der Waals surface area contributed by atoms with Gasteiger partial charge < -0.3 is 4.74 Å². The van der Waals surface area contributed by atoms with E-state index in [0.717, 1.165) is 12.8 Å². The number of sulfonamides is 1. The van der Waals surface area contributed by atoms with E-state index in [2.05, 4.69) is 15.6 Å². The van der Waals surface area contributed by atoms with Crippen LogP contribution in [0.4, 0.5) is 0 Å². The van der Waals surface area contributed by atoms with Gasteiger partial charge in [-0.1, -0.05) is 6.07 Å². The van der Waals surface area contributed by atoms with E-state index in [1.807, 2.05) is 0 Å². The summed E-state index contributed by atoms with van der Waals surface area (Å²) in [5, 5.41) is 0. The number of hydrogen-bond donors (Lipinski definition) is 2. The van der Waals surface area contributed by atoms with Crippen molar-refractivity contribution in [1.29, 1.82) is 0 Å². The molecule has 2 amide bonds. The predicted octanol–water partition coefficient (Wildman–Crippen LogP) is 1.33. The quantitative estimate of drug-likeness (QED) is 0.544. The number of hydrogen-bond acceptors (Lipinski definition) is 6. The number of nitrogens with one attached hydrogen (secondary N) is 2. The molecule has 1 saturated heterocycles. The molecule has 0 atom stereocenters. The zero-order valence-corrected chi connectivity index (χ0v) is 17.1. The van der Waals surface area contributed by atoms with Crippen molar-refractivity contribution in [2.24, 2.45) is 0 Å². The molecule has 1 fully saturated rings. The summed E-state index contributed by atoms with van der Waals surface area (Å²) in [5.74, 6) is -1.78. The van der Waals surface area contributed by atoms with Gasteiger partial charge in [-0.15, -0.1) is 0 Å². The largest absolute Gasteiger partial charge is 0.465 e. The van der Waals surface area contributed by atoms with Gasteiger partial charge in [0.15, 0.2) is 0 Å². The van der Waals surface area contributed by atoms with Gasteiger partial charge in [-0.2, -0.15) is 4.31 Å². The van der Waals surface area contributed by atoms with Gasteiger partial charge in [0, 0.05) is 24.2 Å². The molecule has 3 rings (SSSR count). The number of benzene rings is 2. The first-order valence-electron chi connectivity index (χ1n) is 9.22. The normalized spacial score (nSPS) is 14.2. The molecule has 158 valence electrons. The summed E-state index contributed by atoms with van der Waals surface area (Å²) < 4.78 is 31.3. The maximum atomic E-state index is 12.6. The van der Waals surface area contributed by atoms with Crippen molar-refractivity contribution >= 4 is 27.8 Å². The van der Waals surface area contributed by atoms with E-state index in [9.17, 15) is 22.8 Å². The Labute approximate surface area is 174 Å². The van der Waals surface area contributed by atoms with Gasteiger partial charge in [0.25, 0.3) is 11.8 Å². The molecule has 30 heavy (non-hydrogen) atoms. The molecule has 0 unspecified atom stereocenters. The first-order chi connectivity index (χ1) is 14.3. The van der Waals surface area contributed by atoms with Gasteiger partial charge in [0.05, 0.1) is 17.6 Å². The van der Waals surface area contributed by atoms with Crippen LogP contribution in [0.15, 0.2) is 53.4 Å². The van der Waals surface area contributed by atoms with Crippen LogP contribution in [0.2, 0.25) is 0 Å². The van der Waals surface area contributed by atoms with E-state index < -0.39 is 27.8 Å². The highest BCUT2D eigenvalue weighted by Crippen LogP contribution is 2.21. The first kappa shape index (κ1) is 21.5. The van der Waals surface area contributed by atoms with Crippen molar-refractivity contribution in [3.8, 4) is 0 Å². The molecule has 9 nitrogen and oxygen atoms in total. The van der Waals surface area contributed by atoms with Crippen LogP contribution in [0, 0.1) is 0 Å². The number of esters is 1. The highest BCUT2D eigenvalue weighted by molar-refractivity contribution is 7.89. The standard InChI is InChI=1S/C20H21N3O6S/c1-29-20(26)15-9-7-14(8-10-15)18(24)21-22-19(25)16-5-4-6-17(13-16)30(27,28)23-11-2-3-12-23/h4-10,13H,2-3,11-12H2,1H3,(H,21,24)(H,22,25). The smallest absolute Gasteiger partial charge is 0.337 e. The molecule has 2 N–H and O–H groups in total. The summed E-state index contributed by atoms with van der Waals surface area (Å²) in [7, 11) is -2.40. The first-order valence-corrected chi connectivity index (χ1v) is 10.7. The van der Waals surface area contributed by atoms with E-state index in [-0.39, 0.29) is 21.6 Å². The molecule has 0 aliphatic carbocycles. The molecule has 2 aromatic carbocycles. The van der Waals surface area contributed by atoms with Crippen LogP contribution in [0.3, 0.4) is 0 Å². The molecule has 0 saturated carbocycles. The predicted molar refractivity (Wildman–Crippen MR) is 107 cm³/mol. The van der Waals surface area contributed by atoms with Crippen LogP contribution in [-0.2, 0) is 14.8 Å². The van der Waals surface area contributed by atoms with E-state index >= 15 is 0 Å². The number of carbonyl (C=O) groups is 3. The fraction of sp³-hybridized carbons (Fsp3) is 0.250. The zero-order chi connectivity index (χ0) is 21.7. The van der Waals surface area contributed by atoms with Crippen LogP contribution in [0.5, 0.6) is 0 Å². The maximum Gasteiger partial charge on any atom is 0.337 e. The summed E-state index contributed by atoms with van der Waals surface area (Å²) in [6.45, 7) is 0.924. The molecule has 1 heterocycles. The highest BCUT2D eigenvalue weighted by atomic mass is 32.2. The average Bonchev–Trinajstić information content (AvgIpc) is 3.33. The summed E-state index contributed by atoms with van der Waals surface area (Å²) in [6.07, 6.45) is 1.62. The second-order valence-electron chi connectivity index (χ2n) is 6.62. The van der Waals surface area contributed by atoms with Crippen molar-refractivity contribution in [2.45, 2.75) is 17.7 Å². The topological polar surface area (TPSA) is 122 Å². The Hall–Kier alpha value is -3.24. The molecule has 0 spiro atoms. The maximum absolute atomic E-state index is 12.6. The van der Waals surface area contributed by atoms with Crippen LogP contribution >= 0.6 is 0 Å². The van der Waals surface area contributed by atoms with E-state index in [4.69, 9.17) is 0 Å². The fourth-order valence-corrected chi connectivity index (χ4v) is 4.57. The molecule has 0 bridgehead atoms. The fourth-order valence-electron chi connectivity index (χ4n) is 3.01. The number of methoxy groups -OCH3 is 1. The lowest BCUT2D eigenvalue weighted by atomic mass is 10.1. The minimum atomic E-state index is -3.65. The molecular formula is C20H21N3O6S. The lowest BCUT2D eigenvalue weighted by molar-refractivity contribution is 0.0600. The molecule has 0 aromatic heterocycles. The van der Waals surface area contributed by atoms with Crippen molar-refractivity contribution < 1.29 is 27.5 Å². The van der Waals surface area contributed by atoms with Gasteiger partial charge in [0.1, 0.15) is 0 Å². The van der Waals surface area contributed by atoms with Crippen molar-refractivity contribution in [2.75, 3.05) is 20.2 Å². The number of carbonyl (C=O) groups excluding carboxylic acids is 3. The molecule has 0 radical (unpaired) electrons. The Kier molecular flexibility index (Phi) is 6.48. The lowest BCUT2D eigenvalue weighted by Crippen LogP contribution is -2.41. The van der Waals surface area contributed by atoms with Crippen molar-refractivity contribution in [3.05, 3.63) is 65.2 Å². The Bertz CT molecular complexity index is 1060. The molecule has 1 aliphatic rings. The SMILES string of the molecule is COC(=O)c1ccc(C(=O)NNC(=O)c2cccc(S(=O)(=O)N3CCCC3)c2)cc1. The third kappa shape index (κ3) is 4.66. The monoisotopic (exact) mass is 431 g/mol. The van der Waals surface area contributed by atoms with Gasteiger partial charge in [-0.25, -0.2) is 13.2 Å². The summed E-state index contributed by atoms with van der Waals surface area (Å²) >= 11 is 0. The average molecular weight is 431 g/mol. The number of rotatable bonds is 5. The number of nitrogens with zero attached hydrogens (tertiary/aromatic N) is 1. The minimum Gasteiger partial charge on any atom is -0.465 e. The second-order valence-corrected chi connectivity index (χ2v) is 8.55. The Morgan fingerprint density at radius 3 is 2.03 bits per heavy atom. The highest BCUT2D eigenvalue weighted by Gasteiger charge is 2.27. The lowest BCUT2D eigenvalue weighted by Gasteiger charge is -2.16. The molecule has 2 aromatic rings. The number of amides is 2. The van der Waals surface area contributed by atoms with Gasteiger partial charge in [0.2, 0.25) is 10.0 Å². The summed E-state index contributed by atoms with van der Waals surface area (Å²) in [6, 6.07) is 11.3. The van der Waals surface area contributed by atoms with E-state index in [0.29, 0.717) is 13.1 Å². The van der Waals surface area contributed by atoms with Crippen LogP contribution in [-0.4, -0.2) is 50.7 Å². The Balaban J connectivity index is 1.65. The second kappa shape index (κ2) is 9.06. The number of hydrazine groups is 1. The number of ether oxygens (including phenoxy) is 1. The molecular weight excluding hydrogens is 410 g/mol. The Morgan fingerprint density at radius 2 is 1.43 bits per heavy atom. The van der Waals surface area contributed by atoms with Crippen LogP contribution in [0.1, 0.15) is 43.9 Å². The van der Waals surface area contributed by atoms with E-state index in [1.165, 1.54) is 59.9 Å². The third-order valence-electron chi connectivity index (χ3n) is 4.66. The van der Waals surface area contributed by atoms with E-state index in [1.54, 1.807) is 0 Å². The summed E-state index contributed by atoms with van der Waals surface area (Å²) in [4.78, 5) is 36.0. The van der Waals surface area contributed by atoms with Crippen LogP contribution < -0.4 is 10.9 Å². The summed E-state index contributed by atoms with van der Waals surface area (Å²) in [5.41, 5.74) is 5.11. The Morgan fingerprint density at radius 1 is 0.867 bits per heavy atom. The van der Waals surface area contributed by atoms with Gasteiger partial charge in [-0.05, 0) is 55.3 Å². The minimum absolute atomic E-state index is 0.0294. The van der Waals surface area contributed by atoms with Crippen LogP contribution in [0.25, 0.3) is 0 Å². The third-order valence-corrected chi connectivity index (χ3v) is 6.55. The molecule has 10 heteroatoms. The van der Waals surface area contributed by atoms with Gasteiger partial charge >= 0.3 is 5.97 Å². The molecule has 1 aliphatic heterocycles.